The quantitative estimate of drug-likeness (QED) is 0.849. The molecule has 0 saturated heterocycles. The van der Waals surface area contributed by atoms with Crippen LogP contribution >= 0.6 is 11.3 Å². The number of hydrogen-bond donors (Lipinski definition) is 2. The number of nitrogens with one attached hydrogen (secondary N) is 1. The van der Waals surface area contributed by atoms with Gasteiger partial charge in [-0.2, -0.15) is 11.3 Å². The molecular formula is C15H12FNO3S. The SMILES string of the molecule is Cc1cscc1C(=O)Nc1ccc(C=CC(=O)O)c(F)c1. The Morgan fingerprint density at radius 1 is 1.33 bits per heavy atom. The predicted molar refractivity (Wildman–Crippen MR) is 80.1 cm³/mol. The van der Waals surface area contributed by atoms with Gasteiger partial charge >= 0.3 is 5.97 Å². The van der Waals surface area contributed by atoms with Crippen LogP contribution in [0.2, 0.25) is 0 Å². The molecule has 2 rings (SSSR count). The first-order valence-corrected chi connectivity index (χ1v) is 6.96. The Balaban J connectivity index is 2.15. The molecule has 1 amide bonds. The molecule has 1 aromatic heterocycles. The van der Waals surface area contributed by atoms with Gasteiger partial charge in [0, 0.05) is 22.7 Å². The van der Waals surface area contributed by atoms with Gasteiger partial charge in [-0.05, 0) is 42.1 Å². The number of aryl methyl sites for hydroxylation is 1. The van der Waals surface area contributed by atoms with Crippen molar-refractivity contribution >= 4 is 35.0 Å². The highest BCUT2D eigenvalue weighted by Crippen LogP contribution is 2.19. The zero-order valence-corrected chi connectivity index (χ0v) is 11.9. The van der Waals surface area contributed by atoms with Crippen LogP contribution in [0, 0.1) is 12.7 Å². The van der Waals surface area contributed by atoms with E-state index in [0.29, 0.717) is 11.3 Å². The first-order chi connectivity index (χ1) is 9.97. The van der Waals surface area contributed by atoms with Gasteiger partial charge in [0.15, 0.2) is 0 Å². The number of carbonyl (C=O) groups is 2. The lowest BCUT2D eigenvalue weighted by Gasteiger charge is -2.06. The second kappa shape index (κ2) is 6.32. The topological polar surface area (TPSA) is 66.4 Å². The number of aliphatic carboxylic acids is 1. The normalized spacial score (nSPS) is 10.8. The van der Waals surface area contributed by atoms with Crippen LogP contribution in [0.3, 0.4) is 0 Å². The number of amides is 1. The zero-order chi connectivity index (χ0) is 15.4. The minimum atomic E-state index is -1.15. The Morgan fingerprint density at radius 2 is 2.10 bits per heavy atom. The van der Waals surface area contributed by atoms with Crippen LogP contribution in [0.1, 0.15) is 21.5 Å². The molecule has 0 aliphatic rings. The van der Waals surface area contributed by atoms with E-state index in [1.807, 2.05) is 12.3 Å². The maximum atomic E-state index is 13.8. The molecule has 108 valence electrons. The lowest BCUT2D eigenvalue weighted by Crippen LogP contribution is -2.12. The van der Waals surface area contributed by atoms with Gasteiger partial charge in [-0.1, -0.05) is 0 Å². The fraction of sp³-hybridized carbons (Fsp3) is 0.0667. The van der Waals surface area contributed by atoms with Gasteiger partial charge in [0.1, 0.15) is 5.82 Å². The summed E-state index contributed by atoms with van der Waals surface area (Å²) < 4.78 is 13.8. The van der Waals surface area contributed by atoms with E-state index in [0.717, 1.165) is 23.8 Å². The van der Waals surface area contributed by atoms with Crippen molar-refractivity contribution in [1.82, 2.24) is 0 Å². The number of anilines is 1. The predicted octanol–water partition coefficient (Wildman–Crippen LogP) is 3.55. The second-order valence-electron chi connectivity index (χ2n) is 4.33. The van der Waals surface area contributed by atoms with Crippen molar-refractivity contribution in [3.05, 3.63) is 57.5 Å². The molecule has 2 N–H and O–H groups in total. The molecule has 0 aliphatic carbocycles. The number of benzene rings is 1. The molecule has 0 bridgehead atoms. The van der Waals surface area contributed by atoms with Crippen molar-refractivity contribution < 1.29 is 19.1 Å². The fourth-order valence-electron chi connectivity index (χ4n) is 1.69. The molecule has 1 heterocycles. The Kier molecular flexibility index (Phi) is 4.49. The van der Waals surface area contributed by atoms with E-state index < -0.39 is 11.8 Å². The van der Waals surface area contributed by atoms with Crippen LogP contribution in [-0.2, 0) is 4.79 Å². The van der Waals surface area contributed by atoms with Crippen molar-refractivity contribution in [2.45, 2.75) is 6.92 Å². The molecule has 0 unspecified atom stereocenters. The van der Waals surface area contributed by atoms with Gasteiger partial charge < -0.3 is 10.4 Å². The third-order valence-electron chi connectivity index (χ3n) is 2.76. The first kappa shape index (κ1) is 14.9. The van der Waals surface area contributed by atoms with Crippen molar-refractivity contribution in [3.63, 3.8) is 0 Å². The summed E-state index contributed by atoms with van der Waals surface area (Å²) in [6, 6.07) is 4.08. The Bertz CT molecular complexity index is 721. The van der Waals surface area contributed by atoms with Crippen LogP contribution in [0.5, 0.6) is 0 Å². The number of carboxylic acid groups (broad SMARTS) is 1. The van der Waals surface area contributed by atoms with Crippen LogP contribution in [0.15, 0.2) is 35.0 Å². The van der Waals surface area contributed by atoms with Crippen LogP contribution in [-0.4, -0.2) is 17.0 Å². The van der Waals surface area contributed by atoms with E-state index in [4.69, 9.17) is 5.11 Å². The van der Waals surface area contributed by atoms with E-state index in [1.165, 1.54) is 23.5 Å². The van der Waals surface area contributed by atoms with Crippen LogP contribution < -0.4 is 5.32 Å². The standard InChI is InChI=1S/C15H12FNO3S/c1-9-7-21-8-12(9)15(20)17-11-4-2-10(13(16)6-11)3-5-14(18)19/h2-8H,1H3,(H,17,20)(H,18,19). The van der Waals surface area contributed by atoms with E-state index in [9.17, 15) is 14.0 Å². The molecule has 0 fully saturated rings. The highest BCUT2D eigenvalue weighted by atomic mass is 32.1. The van der Waals surface area contributed by atoms with Gasteiger partial charge in [0.05, 0.1) is 5.56 Å². The Morgan fingerprint density at radius 3 is 2.67 bits per heavy atom. The summed E-state index contributed by atoms with van der Waals surface area (Å²) in [5, 5.41) is 14.7. The van der Waals surface area contributed by atoms with Gasteiger partial charge in [-0.25, -0.2) is 9.18 Å². The van der Waals surface area contributed by atoms with Gasteiger partial charge in [0.25, 0.3) is 5.91 Å². The smallest absolute Gasteiger partial charge is 0.328 e. The molecule has 6 heteroatoms. The van der Waals surface area contributed by atoms with Crippen LogP contribution in [0.4, 0.5) is 10.1 Å². The summed E-state index contributed by atoms with van der Waals surface area (Å²) >= 11 is 1.42. The van der Waals surface area contributed by atoms with E-state index in [-0.39, 0.29) is 11.5 Å². The van der Waals surface area contributed by atoms with E-state index >= 15 is 0 Å². The zero-order valence-electron chi connectivity index (χ0n) is 11.1. The largest absolute Gasteiger partial charge is 0.478 e. The first-order valence-electron chi connectivity index (χ1n) is 6.02. The maximum Gasteiger partial charge on any atom is 0.328 e. The average Bonchev–Trinajstić information content (AvgIpc) is 2.84. The molecule has 1 aromatic carbocycles. The molecule has 0 saturated carbocycles. The molecular weight excluding hydrogens is 293 g/mol. The third kappa shape index (κ3) is 3.76. The fourth-order valence-corrected chi connectivity index (χ4v) is 2.52. The molecule has 0 radical (unpaired) electrons. The summed E-state index contributed by atoms with van der Waals surface area (Å²) in [6.45, 7) is 1.83. The summed E-state index contributed by atoms with van der Waals surface area (Å²) in [4.78, 5) is 22.4. The Hall–Kier alpha value is -2.47. The highest BCUT2D eigenvalue weighted by Gasteiger charge is 2.11. The second-order valence-corrected chi connectivity index (χ2v) is 5.07. The number of thiophene rings is 1. The lowest BCUT2D eigenvalue weighted by molar-refractivity contribution is -0.131. The highest BCUT2D eigenvalue weighted by molar-refractivity contribution is 7.08. The van der Waals surface area contributed by atoms with Crippen molar-refractivity contribution in [2.75, 3.05) is 5.32 Å². The summed E-state index contributed by atoms with van der Waals surface area (Å²) in [7, 11) is 0. The molecule has 2 aromatic rings. The van der Waals surface area contributed by atoms with Gasteiger partial charge in [-0.15, -0.1) is 0 Å². The summed E-state index contributed by atoms with van der Waals surface area (Å²) in [5.74, 6) is -2.06. The number of rotatable bonds is 4. The number of halogens is 1. The Labute approximate surface area is 124 Å². The van der Waals surface area contributed by atoms with Crippen molar-refractivity contribution in [3.8, 4) is 0 Å². The molecule has 0 spiro atoms. The van der Waals surface area contributed by atoms with Crippen molar-refractivity contribution in [2.24, 2.45) is 0 Å². The third-order valence-corrected chi connectivity index (χ3v) is 3.63. The minimum absolute atomic E-state index is 0.141. The average molecular weight is 305 g/mol. The van der Waals surface area contributed by atoms with E-state index in [1.54, 1.807) is 5.38 Å². The number of carboxylic acids is 1. The summed E-state index contributed by atoms with van der Waals surface area (Å²) in [5.41, 5.74) is 1.87. The van der Waals surface area contributed by atoms with Crippen LogP contribution in [0.25, 0.3) is 6.08 Å². The van der Waals surface area contributed by atoms with Gasteiger partial charge in [0.2, 0.25) is 0 Å². The molecule has 0 aliphatic heterocycles. The minimum Gasteiger partial charge on any atom is -0.478 e. The summed E-state index contributed by atoms with van der Waals surface area (Å²) in [6.07, 6.45) is 2.01. The van der Waals surface area contributed by atoms with Crippen molar-refractivity contribution in [1.29, 1.82) is 0 Å². The lowest BCUT2D eigenvalue weighted by atomic mass is 10.1. The molecule has 4 nitrogen and oxygen atoms in total. The number of hydrogen-bond acceptors (Lipinski definition) is 3. The molecule has 21 heavy (non-hydrogen) atoms. The van der Waals surface area contributed by atoms with Gasteiger partial charge in [-0.3, -0.25) is 4.79 Å². The number of carbonyl (C=O) groups excluding carboxylic acids is 1. The maximum absolute atomic E-state index is 13.8. The van der Waals surface area contributed by atoms with E-state index in [2.05, 4.69) is 5.32 Å². The molecule has 0 atom stereocenters. The monoisotopic (exact) mass is 305 g/mol.